The van der Waals surface area contributed by atoms with E-state index in [9.17, 15) is 9.59 Å². The molecule has 0 unspecified atom stereocenters. The maximum absolute atomic E-state index is 12.4. The number of hydrogen-bond acceptors (Lipinski definition) is 7. The molecule has 1 amide bonds. The molecule has 0 saturated carbocycles. The Kier molecular flexibility index (Phi) is 6.26. The summed E-state index contributed by atoms with van der Waals surface area (Å²) in [5.41, 5.74) is 0.691. The second-order valence-electron chi connectivity index (χ2n) is 7.07. The van der Waals surface area contributed by atoms with E-state index < -0.39 is 0 Å². The predicted octanol–water partition coefficient (Wildman–Crippen LogP) is 3.30. The number of unbranched alkanes of at least 4 members (excludes halogenated alkanes) is 2. The number of fused-ring (bicyclic) bond motifs is 1. The first kappa shape index (κ1) is 19.7. The number of carbonyl (C=O) groups excluding carboxylic acids is 1. The largest absolute Gasteiger partial charge is 0.371 e. The molecule has 2 aromatic heterocycles. The van der Waals surface area contributed by atoms with Crippen LogP contribution in [-0.4, -0.2) is 32.3 Å². The summed E-state index contributed by atoms with van der Waals surface area (Å²) in [5.74, 6) is -0.0652. The summed E-state index contributed by atoms with van der Waals surface area (Å²) < 4.78 is 7.22. The number of aryl methyl sites for hydroxylation is 1. The number of benzene rings is 1. The number of aromatic nitrogens is 4. The predicted molar refractivity (Wildman–Crippen MR) is 111 cm³/mol. The highest BCUT2D eigenvalue weighted by molar-refractivity contribution is 7.15. The summed E-state index contributed by atoms with van der Waals surface area (Å²) in [6, 6.07) is 7.34. The average molecular weight is 414 g/mol. The Hall–Kier alpha value is -2.65. The Morgan fingerprint density at radius 1 is 1.24 bits per heavy atom. The molecule has 29 heavy (non-hydrogen) atoms. The van der Waals surface area contributed by atoms with Crippen LogP contribution in [0.1, 0.15) is 49.6 Å². The minimum absolute atomic E-state index is 0.0196. The highest BCUT2D eigenvalue weighted by Crippen LogP contribution is 2.31. The van der Waals surface area contributed by atoms with Gasteiger partial charge >= 0.3 is 0 Å². The lowest BCUT2D eigenvalue weighted by Crippen LogP contribution is -2.20. The van der Waals surface area contributed by atoms with E-state index in [0.717, 1.165) is 43.7 Å². The zero-order chi connectivity index (χ0) is 20.1. The van der Waals surface area contributed by atoms with Crippen molar-refractivity contribution in [1.82, 2.24) is 19.7 Å². The number of nitrogens with one attached hydrogen (secondary N) is 1. The fourth-order valence-electron chi connectivity index (χ4n) is 3.38. The number of carbonyl (C=O) groups is 1. The van der Waals surface area contributed by atoms with Crippen LogP contribution >= 0.6 is 11.3 Å². The third-order valence-electron chi connectivity index (χ3n) is 4.93. The molecule has 0 bridgehead atoms. The molecule has 8 nitrogen and oxygen atoms in total. The van der Waals surface area contributed by atoms with Crippen LogP contribution in [0.5, 0.6) is 0 Å². The molecular weight excluding hydrogens is 390 g/mol. The normalized spacial score (nSPS) is 16.3. The Morgan fingerprint density at radius 2 is 2.14 bits per heavy atom. The summed E-state index contributed by atoms with van der Waals surface area (Å²) >= 11 is 1.38. The van der Waals surface area contributed by atoms with Gasteiger partial charge < -0.3 is 10.1 Å². The fourth-order valence-corrected chi connectivity index (χ4v) is 4.22. The van der Waals surface area contributed by atoms with Gasteiger partial charge in [-0.1, -0.05) is 29.9 Å². The van der Waals surface area contributed by atoms with Crippen LogP contribution in [0.3, 0.4) is 0 Å². The number of rotatable bonds is 8. The zero-order valence-corrected chi connectivity index (χ0v) is 16.9. The molecule has 0 spiro atoms. The molecular formula is C20H23N5O3S. The van der Waals surface area contributed by atoms with Crippen LogP contribution in [0.2, 0.25) is 0 Å². The van der Waals surface area contributed by atoms with Crippen molar-refractivity contribution in [2.24, 2.45) is 0 Å². The molecule has 4 rings (SSSR count). The van der Waals surface area contributed by atoms with Gasteiger partial charge in [0.05, 0.1) is 17.2 Å². The van der Waals surface area contributed by atoms with Crippen LogP contribution in [0.4, 0.5) is 5.13 Å². The summed E-state index contributed by atoms with van der Waals surface area (Å²) in [6.07, 6.45) is 6.44. The van der Waals surface area contributed by atoms with Crippen molar-refractivity contribution in [2.45, 2.75) is 51.2 Å². The van der Waals surface area contributed by atoms with Crippen molar-refractivity contribution in [2.75, 3.05) is 11.9 Å². The summed E-state index contributed by atoms with van der Waals surface area (Å²) in [4.78, 5) is 28.9. The van der Waals surface area contributed by atoms with E-state index in [0.29, 0.717) is 29.0 Å². The molecule has 1 saturated heterocycles. The number of hydrogen-bond donors (Lipinski definition) is 1. The number of para-hydroxylation sites is 1. The smallest absolute Gasteiger partial charge is 0.261 e. The molecule has 3 heterocycles. The van der Waals surface area contributed by atoms with Gasteiger partial charge in [-0.05, 0) is 37.8 Å². The second kappa shape index (κ2) is 9.23. The highest BCUT2D eigenvalue weighted by atomic mass is 32.1. The highest BCUT2D eigenvalue weighted by Gasteiger charge is 2.22. The van der Waals surface area contributed by atoms with Crippen molar-refractivity contribution >= 4 is 33.3 Å². The molecule has 3 aromatic rings. The molecule has 9 heteroatoms. The van der Waals surface area contributed by atoms with Gasteiger partial charge in [0.15, 0.2) is 0 Å². The van der Waals surface area contributed by atoms with Gasteiger partial charge in [0, 0.05) is 19.6 Å². The zero-order valence-electron chi connectivity index (χ0n) is 16.0. The number of ether oxygens (including phenoxy) is 1. The molecule has 1 aromatic carbocycles. The van der Waals surface area contributed by atoms with E-state index in [1.165, 1.54) is 11.3 Å². The van der Waals surface area contributed by atoms with Gasteiger partial charge in [-0.25, -0.2) is 4.98 Å². The van der Waals surface area contributed by atoms with E-state index in [4.69, 9.17) is 4.74 Å². The lowest BCUT2D eigenvalue weighted by Gasteiger charge is -2.06. The summed E-state index contributed by atoms with van der Waals surface area (Å²) in [6.45, 7) is 1.35. The van der Waals surface area contributed by atoms with Crippen molar-refractivity contribution in [3.63, 3.8) is 0 Å². The van der Waals surface area contributed by atoms with Gasteiger partial charge in [-0.2, -0.15) is 0 Å². The standard InChI is InChI=1S/C20H23N5O3S/c26-17(22-20-24-23-18(29-20)16-9-6-12-28-16)10-2-1-5-11-25-13-21-15-8-4-3-7-14(15)19(25)27/h3-4,7-8,13,16H,1-2,5-6,9-12H2,(H,22,24,26)/t16-/m1/s1. The molecule has 1 aliphatic heterocycles. The quantitative estimate of drug-likeness (QED) is 0.569. The second-order valence-corrected chi connectivity index (χ2v) is 8.08. The Morgan fingerprint density at radius 3 is 3.00 bits per heavy atom. The van der Waals surface area contributed by atoms with Gasteiger partial charge in [0.2, 0.25) is 11.0 Å². The summed E-state index contributed by atoms with van der Waals surface area (Å²) in [7, 11) is 0. The number of anilines is 1. The first-order valence-corrected chi connectivity index (χ1v) is 10.7. The summed E-state index contributed by atoms with van der Waals surface area (Å²) in [5, 5.41) is 12.9. The molecule has 1 fully saturated rings. The van der Waals surface area contributed by atoms with Gasteiger partial charge in [0.25, 0.3) is 5.56 Å². The van der Waals surface area contributed by atoms with Crippen LogP contribution in [0, 0.1) is 0 Å². The first-order chi connectivity index (χ1) is 14.2. The lowest BCUT2D eigenvalue weighted by molar-refractivity contribution is -0.116. The van der Waals surface area contributed by atoms with E-state index >= 15 is 0 Å². The van der Waals surface area contributed by atoms with Crippen molar-refractivity contribution in [1.29, 1.82) is 0 Å². The van der Waals surface area contributed by atoms with Crippen LogP contribution in [-0.2, 0) is 16.1 Å². The minimum Gasteiger partial charge on any atom is -0.371 e. The fraction of sp³-hybridized carbons (Fsp3) is 0.450. The third-order valence-corrected chi connectivity index (χ3v) is 5.86. The van der Waals surface area contributed by atoms with Crippen LogP contribution in [0.15, 0.2) is 35.4 Å². The van der Waals surface area contributed by atoms with E-state index in [2.05, 4.69) is 20.5 Å². The van der Waals surface area contributed by atoms with Crippen molar-refractivity contribution in [3.05, 3.63) is 46.0 Å². The van der Waals surface area contributed by atoms with Crippen molar-refractivity contribution < 1.29 is 9.53 Å². The molecule has 152 valence electrons. The lowest BCUT2D eigenvalue weighted by atomic mass is 10.2. The monoisotopic (exact) mass is 413 g/mol. The van der Waals surface area contributed by atoms with E-state index in [1.807, 2.05) is 18.2 Å². The van der Waals surface area contributed by atoms with E-state index in [-0.39, 0.29) is 17.6 Å². The van der Waals surface area contributed by atoms with Crippen LogP contribution < -0.4 is 10.9 Å². The average Bonchev–Trinajstić information content (AvgIpc) is 3.41. The first-order valence-electron chi connectivity index (χ1n) is 9.90. The molecule has 1 atom stereocenters. The number of nitrogens with zero attached hydrogens (tertiary/aromatic N) is 4. The Balaban J connectivity index is 1.19. The SMILES string of the molecule is O=C(CCCCCn1cnc2ccccc2c1=O)Nc1nnc([C@H]2CCCO2)s1. The number of amides is 1. The maximum Gasteiger partial charge on any atom is 0.261 e. The molecule has 1 aliphatic rings. The third kappa shape index (κ3) is 4.86. The van der Waals surface area contributed by atoms with Gasteiger partial charge in [-0.15, -0.1) is 10.2 Å². The Labute approximate surface area is 171 Å². The van der Waals surface area contributed by atoms with Crippen molar-refractivity contribution in [3.8, 4) is 0 Å². The molecule has 0 aliphatic carbocycles. The molecule has 0 radical (unpaired) electrons. The van der Waals surface area contributed by atoms with E-state index in [1.54, 1.807) is 17.0 Å². The van der Waals surface area contributed by atoms with Crippen LogP contribution in [0.25, 0.3) is 10.9 Å². The topological polar surface area (TPSA) is 99.0 Å². The van der Waals surface area contributed by atoms with Gasteiger partial charge in [-0.3, -0.25) is 14.2 Å². The Bertz CT molecular complexity index is 1040. The molecule has 1 N–H and O–H groups in total. The van der Waals surface area contributed by atoms with Gasteiger partial charge in [0.1, 0.15) is 11.1 Å². The minimum atomic E-state index is -0.0652. The maximum atomic E-state index is 12.4.